The molecule has 0 bridgehead atoms. The molecule has 0 fully saturated rings. The molecule has 0 aliphatic carbocycles. The summed E-state index contributed by atoms with van der Waals surface area (Å²) in [5.41, 5.74) is 0.919. The second kappa shape index (κ2) is 24.3. The Bertz CT molecular complexity index is 1120. The number of carboxylic acids is 1. The van der Waals surface area contributed by atoms with Crippen LogP contribution in [0.4, 0.5) is 0 Å². The van der Waals surface area contributed by atoms with Gasteiger partial charge in [-0.15, -0.1) is 0 Å². The van der Waals surface area contributed by atoms with Crippen LogP contribution >= 0.6 is 18.6 Å². The van der Waals surface area contributed by atoms with Gasteiger partial charge >= 0.3 is 264 Å². The molecule has 0 aliphatic rings. The SMILES string of the molecule is CCCCCCCCCCCCCCCCP(CCCC)(CCCC)(CCCC)OC(=O)c1ccc(Sc2ccc(C(=O)O)cc2)cc1. The molecule has 4 nitrogen and oxygen atoms in total. The standard InChI is InChI=1S/C42H69O4PS/c1-5-9-13-14-15-16-17-18-19-20-21-22-23-24-36-47(33-10-6-2,34-11-7-3,35-12-8-4)46-42(45)38-27-31-40(32-28-38)48-39-29-25-37(26-30-39)41(43)44/h25-32H,5-24,33-36H2,1-4H3,(H,43,44). The number of unbranched alkanes of at least 4 members (excludes halogenated alkanes) is 16. The summed E-state index contributed by atoms with van der Waals surface area (Å²) in [6, 6.07) is 14.7. The monoisotopic (exact) mass is 700 g/mol. The Morgan fingerprint density at radius 1 is 0.500 bits per heavy atom. The second-order valence-corrected chi connectivity index (χ2v) is 21.1. The van der Waals surface area contributed by atoms with E-state index in [9.17, 15) is 14.7 Å². The fraction of sp³-hybridized carbons (Fsp3) is 0.667. The maximum absolute atomic E-state index is 14.0. The third-order valence-corrected chi connectivity index (χ3v) is 17.6. The van der Waals surface area contributed by atoms with E-state index in [0.717, 1.165) is 73.0 Å². The van der Waals surface area contributed by atoms with E-state index in [-0.39, 0.29) is 11.5 Å². The summed E-state index contributed by atoms with van der Waals surface area (Å²) < 4.78 is 7.05. The third-order valence-electron chi connectivity index (χ3n) is 10.1. The van der Waals surface area contributed by atoms with Gasteiger partial charge in [0.15, 0.2) is 0 Å². The summed E-state index contributed by atoms with van der Waals surface area (Å²) in [4.78, 5) is 27.2. The van der Waals surface area contributed by atoms with E-state index in [4.69, 9.17) is 4.52 Å². The molecule has 2 aromatic carbocycles. The Morgan fingerprint density at radius 2 is 0.833 bits per heavy atom. The van der Waals surface area contributed by atoms with E-state index < -0.39 is 12.8 Å². The Labute approximate surface area is 299 Å². The summed E-state index contributed by atoms with van der Waals surface area (Å²) in [5.74, 6) is -1.06. The summed E-state index contributed by atoms with van der Waals surface area (Å²) in [6.45, 7) is 6.34. The average Bonchev–Trinajstić information content (AvgIpc) is 3.10. The van der Waals surface area contributed by atoms with Gasteiger partial charge in [-0.3, -0.25) is 0 Å². The van der Waals surface area contributed by atoms with Crippen LogP contribution in [0.5, 0.6) is 0 Å². The minimum atomic E-state index is -2.76. The molecule has 0 saturated carbocycles. The van der Waals surface area contributed by atoms with Crippen LogP contribution in [0.2, 0.25) is 0 Å². The summed E-state index contributed by atoms with van der Waals surface area (Å²) in [7, 11) is 0. The number of hydrogen-bond donors (Lipinski definition) is 1. The Balaban J connectivity index is 2.03. The average molecular weight is 701 g/mol. The van der Waals surface area contributed by atoms with Crippen molar-refractivity contribution < 1.29 is 19.2 Å². The van der Waals surface area contributed by atoms with Crippen molar-refractivity contribution in [1.29, 1.82) is 0 Å². The van der Waals surface area contributed by atoms with Crippen LogP contribution in [0.3, 0.4) is 0 Å². The van der Waals surface area contributed by atoms with E-state index >= 15 is 0 Å². The molecule has 0 atom stereocenters. The summed E-state index contributed by atoms with van der Waals surface area (Å²) in [5, 5.41) is 9.19. The zero-order valence-corrected chi connectivity index (χ0v) is 32.8. The Morgan fingerprint density at radius 3 is 1.21 bits per heavy atom. The van der Waals surface area contributed by atoms with Crippen LogP contribution in [0.1, 0.15) is 177 Å². The van der Waals surface area contributed by atoms with Gasteiger partial charge in [-0.05, 0) is 0 Å². The van der Waals surface area contributed by atoms with E-state index in [1.165, 1.54) is 89.9 Å². The van der Waals surface area contributed by atoms with Gasteiger partial charge in [0, 0.05) is 0 Å². The zero-order chi connectivity index (χ0) is 35.0. The first kappa shape index (κ1) is 42.3. The molecule has 0 aromatic heterocycles. The van der Waals surface area contributed by atoms with Crippen LogP contribution in [0, 0.1) is 0 Å². The number of rotatable bonds is 29. The van der Waals surface area contributed by atoms with Crippen LogP contribution in [0.25, 0.3) is 0 Å². The molecular weight excluding hydrogens is 631 g/mol. The number of aromatic carboxylic acids is 1. The van der Waals surface area contributed by atoms with Crippen LogP contribution in [-0.2, 0) is 4.52 Å². The second-order valence-electron chi connectivity index (χ2n) is 14.2. The molecule has 0 saturated heterocycles. The molecule has 6 heteroatoms. The van der Waals surface area contributed by atoms with Gasteiger partial charge in [-0.2, -0.15) is 0 Å². The summed E-state index contributed by atoms with van der Waals surface area (Å²) >= 11 is 1.56. The van der Waals surface area contributed by atoms with E-state index in [2.05, 4.69) is 27.7 Å². The molecule has 272 valence electrons. The van der Waals surface area contributed by atoms with Crippen LogP contribution < -0.4 is 0 Å². The van der Waals surface area contributed by atoms with Crippen molar-refractivity contribution in [1.82, 2.24) is 0 Å². The van der Waals surface area contributed by atoms with Crippen molar-refractivity contribution in [3.63, 3.8) is 0 Å². The molecule has 48 heavy (non-hydrogen) atoms. The van der Waals surface area contributed by atoms with E-state index in [1.807, 2.05) is 36.4 Å². The molecule has 2 aromatic rings. The van der Waals surface area contributed by atoms with Crippen molar-refractivity contribution in [3.05, 3.63) is 59.7 Å². The number of hydrogen-bond acceptors (Lipinski definition) is 4. The van der Waals surface area contributed by atoms with Gasteiger partial charge in [0.2, 0.25) is 0 Å². The molecule has 0 unspecified atom stereocenters. The topological polar surface area (TPSA) is 63.6 Å². The Hall–Kier alpha value is -1.84. The fourth-order valence-corrected chi connectivity index (χ4v) is 14.5. The number of carboxylic acid groups (broad SMARTS) is 1. The number of carbonyl (C=O) groups excluding carboxylic acids is 1. The van der Waals surface area contributed by atoms with Crippen LogP contribution in [-0.4, -0.2) is 41.7 Å². The predicted molar refractivity (Wildman–Crippen MR) is 211 cm³/mol. The van der Waals surface area contributed by atoms with Gasteiger partial charge in [0.25, 0.3) is 0 Å². The minimum absolute atomic E-state index is 0.135. The first-order valence-electron chi connectivity index (χ1n) is 19.7. The van der Waals surface area contributed by atoms with Gasteiger partial charge in [0.05, 0.1) is 0 Å². The zero-order valence-electron chi connectivity index (χ0n) is 31.1. The third kappa shape index (κ3) is 15.8. The maximum atomic E-state index is 14.0. The Kier molecular flexibility index (Phi) is 21.5. The van der Waals surface area contributed by atoms with Crippen molar-refractivity contribution in [2.45, 2.75) is 166 Å². The van der Waals surface area contributed by atoms with E-state index in [0.29, 0.717) is 5.56 Å². The van der Waals surface area contributed by atoms with E-state index in [1.54, 1.807) is 23.9 Å². The molecule has 0 spiro atoms. The van der Waals surface area contributed by atoms with Crippen molar-refractivity contribution in [2.75, 3.05) is 24.6 Å². The molecule has 0 amide bonds. The van der Waals surface area contributed by atoms with Gasteiger partial charge < -0.3 is 5.11 Å². The van der Waals surface area contributed by atoms with Gasteiger partial charge in [-0.1, -0.05) is 26.2 Å². The quantitative estimate of drug-likeness (QED) is 0.0676. The molecule has 2 rings (SSSR count). The first-order chi connectivity index (χ1) is 23.3. The fourth-order valence-electron chi connectivity index (χ4n) is 6.98. The normalized spacial score (nSPS) is 12.5. The van der Waals surface area contributed by atoms with Gasteiger partial charge in [-0.25, -0.2) is 4.79 Å². The van der Waals surface area contributed by atoms with Crippen molar-refractivity contribution in [2.24, 2.45) is 0 Å². The molecule has 0 heterocycles. The molecule has 1 N–H and O–H groups in total. The van der Waals surface area contributed by atoms with Crippen molar-refractivity contribution >= 4 is 30.5 Å². The number of carbonyl (C=O) groups is 2. The predicted octanol–water partition coefficient (Wildman–Crippen LogP) is 14.0. The first-order valence-corrected chi connectivity index (χ1v) is 23.4. The van der Waals surface area contributed by atoms with Gasteiger partial charge in [0.1, 0.15) is 0 Å². The van der Waals surface area contributed by atoms with Crippen LogP contribution in [0.15, 0.2) is 58.3 Å². The molecule has 0 radical (unpaired) electrons. The summed E-state index contributed by atoms with van der Waals surface area (Å²) in [6.07, 6.45) is 30.1. The molecule has 0 aliphatic heterocycles. The molecular formula is C42H69O4PS. The van der Waals surface area contributed by atoms with Crippen molar-refractivity contribution in [3.8, 4) is 0 Å². The number of benzene rings is 2.